The molecule has 4 heteroatoms. The van der Waals surface area contributed by atoms with E-state index in [2.05, 4.69) is 36.4 Å². The van der Waals surface area contributed by atoms with Crippen LogP contribution in [0, 0.1) is 5.41 Å². The Morgan fingerprint density at radius 1 is 1.56 bits per heavy atom. The minimum absolute atomic E-state index is 0.189. The van der Waals surface area contributed by atoms with Crippen LogP contribution in [-0.2, 0) is 4.79 Å². The zero-order valence-electron chi connectivity index (χ0n) is 11.0. The topological polar surface area (TPSA) is 44.4 Å². The molecule has 1 heterocycles. The molecule has 1 atom stereocenters. The number of amides is 1. The molecule has 0 aromatic rings. The average Bonchev–Trinajstić information content (AvgIpc) is 2.66. The van der Waals surface area contributed by atoms with Crippen LogP contribution in [0.15, 0.2) is 0 Å². The highest BCUT2D eigenvalue weighted by atomic mass is 16.2. The summed E-state index contributed by atoms with van der Waals surface area (Å²) in [7, 11) is 2.08. The molecule has 0 aromatic carbocycles. The number of likely N-dealkylation sites (N-methyl/N-ethyl adjacent to an activating group) is 1. The summed E-state index contributed by atoms with van der Waals surface area (Å²) in [5, 5.41) is 6.27. The van der Waals surface area contributed by atoms with E-state index < -0.39 is 0 Å². The van der Waals surface area contributed by atoms with E-state index in [-0.39, 0.29) is 11.3 Å². The molecule has 1 aliphatic heterocycles. The average molecular weight is 227 g/mol. The maximum absolute atomic E-state index is 11.9. The van der Waals surface area contributed by atoms with Gasteiger partial charge in [-0.1, -0.05) is 0 Å². The van der Waals surface area contributed by atoms with Gasteiger partial charge in [-0.05, 0) is 40.8 Å². The van der Waals surface area contributed by atoms with Gasteiger partial charge in [0.05, 0.1) is 5.41 Å². The number of hydrogen-bond donors (Lipinski definition) is 2. The highest BCUT2D eigenvalue weighted by molar-refractivity contribution is 5.82. The van der Waals surface area contributed by atoms with Crippen molar-refractivity contribution in [3.8, 4) is 0 Å². The van der Waals surface area contributed by atoms with Gasteiger partial charge in [-0.2, -0.15) is 0 Å². The van der Waals surface area contributed by atoms with E-state index >= 15 is 0 Å². The zero-order valence-corrected chi connectivity index (χ0v) is 11.0. The molecule has 0 bridgehead atoms. The predicted octanol–water partition coefficient (Wildman–Crippen LogP) is 0.442. The molecule has 1 amide bonds. The monoisotopic (exact) mass is 227 g/mol. The van der Waals surface area contributed by atoms with Crippen molar-refractivity contribution in [1.82, 2.24) is 15.5 Å². The van der Waals surface area contributed by atoms with Crippen molar-refractivity contribution in [2.45, 2.75) is 33.2 Å². The van der Waals surface area contributed by atoms with Gasteiger partial charge >= 0.3 is 0 Å². The smallest absolute Gasteiger partial charge is 0.227 e. The van der Waals surface area contributed by atoms with Crippen LogP contribution in [0.3, 0.4) is 0 Å². The fraction of sp³-hybridized carbons (Fsp3) is 0.917. The van der Waals surface area contributed by atoms with E-state index in [9.17, 15) is 4.79 Å². The first-order chi connectivity index (χ1) is 7.46. The fourth-order valence-corrected chi connectivity index (χ4v) is 1.83. The molecule has 4 nitrogen and oxygen atoms in total. The van der Waals surface area contributed by atoms with E-state index in [4.69, 9.17) is 0 Å². The molecule has 1 aliphatic rings. The summed E-state index contributed by atoms with van der Waals surface area (Å²) in [4.78, 5) is 14.2. The predicted molar refractivity (Wildman–Crippen MR) is 66.4 cm³/mol. The maximum Gasteiger partial charge on any atom is 0.227 e. The number of rotatable bonds is 5. The molecule has 94 valence electrons. The van der Waals surface area contributed by atoms with E-state index in [1.165, 1.54) is 0 Å². The van der Waals surface area contributed by atoms with E-state index in [0.29, 0.717) is 6.04 Å². The maximum atomic E-state index is 11.9. The third kappa shape index (κ3) is 3.46. The molecule has 16 heavy (non-hydrogen) atoms. The number of carbonyl (C=O) groups excluding carboxylic acids is 1. The van der Waals surface area contributed by atoms with Crippen molar-refractivity contribution in [1.29, 1.82) is 0 Å². The number of hydrogen-bond acceptors (Lipinski definition) is 3. The molecule has 0 aliphatic carbocycles. The van der Waals surface area contributed by atoms with Gasteiger partial charge in [0.1, 0.15) is 0 Å². The minimum atomic E-state index is -0.198. The van der Waals surface area contributed by atoms with Crippen LogP contribution in [0.25, 0.3) is 0 Å². The normalized spacial score (nSPS) is 25.4. The van der Waals surface area contributed by atoms with Crippen molar-refractivity contribution in [3.05, 3.63) is 0 Å². The molecule has 0 saturated carbocycles. The first-order valence-electron chi connectivity index (χ1n) is 6.15. The molecular formula is C12H25N3O. The van der Waals surface area contributed by atoms with Crippen LogP contribution in [0.2, 0.25) is 0 Å². The summed E-state index contributed by atoms with van der Waals surface area (Å²) < 4.78 is 0. The summed E-state index contributed by atoms with van der Waals surface area (Å²) in [6.45, 7) is 9.76. The molecule has 0 radical (unpaired) electrons. The summed E-state index contributed by atoms with van der Waals surface area (Å²) in [6.07, 6.45) is 0.943. The molecular weight excluding hydrogens is 202 g/mol. The van der Waals surface area contributed by atoms with E-state index in [0.717, 1.165) is 32.6 Å². The Morgan fingerprint density at radius 3 is 2.75 bits per heavy atom. The summed E-state index contributed by atoms with van der Waals surface area (Å²) in [5.41, 5.74) is -0.198. The van der Waals surface area contributed by atoms with E-state index in [1.54, 1.807) is 0 Å². The first kappa shape index (κ1) is 13.5. The molecule has 0 spiro atoms. The Bertz CT molecular complexity index is 234. The van der Waals surface area contributed by atoms with Gasteiger partial charge in [0.15, 0.2) is 0 Å². The number of nitrogens with zero attached hydrogens (tertiary/aromatic N) is 1. The third-order valence-electron chi connectivity index (χ3n) is 3.55. The van der Waals surface area contributed by atoms with Gasteiger partial charge in [-0.25, -0.2) is 0 Å². The third-order valence-corrected chi connectivity index (χ3v) is 3.55. The van der Waals surface area contributed by atoms with E-state index in [1.807, 2.05) is 6.92 Å². The van der Waals surface area contributed by atoms with Crippen LogP contribution in [0.5, 0.6) is 0 Å². The molecule has 1 rings (SSSR count). The Hall–Kier alpha value is -0.610. The van der Waals surface area contributed by atoms with Crippen molar-refractivity contribution in [2.24, 2.45) is 5.41 Å². The van der Waals surface area contributed by atoms with Crippen LogP contribution in [0.4, 0.5) is 0 Å². The highest BCUT2D eigenvalue weighted by Crippen LogP contribution is 2.24. The minimum Gasteiger partial charge on any atom is -0.354 e. The summed E-state index contributed by atoms with van der Waals surface area (Å²) in [6, 6.07) is 0.528. The van der Waals surface area contributed by atoms with Gasteiger partial charge in [0.25, 0.3) is 0 Å². The van der Waals surface area contributed by atoms with Crippen molar-refractivity contribution in [3.63, 3.8) is 0 Å². The standard InChI is InChI=1S/C12H25N3O/c1-10(2)15(4)8-7-14-11(16)12(3)5-6-13-9-12/h10,13H,5-9H2,1-4H3,(H,14,16). The lowest BCUT2D eigenvalue weighted by atomic mass is 9.89. The Kier molecular flexibility index (Phi) is 4.74. The second-order valence-electron chi connectivity index (χ2n) is 5.32. The number of nitrogens with one attached hydrogen (secondary N) is 2. The van der Waals surface area contributed by atoms with Crippen molar-refractivity contribution in [2.75, 3.05) is 33.2 Å². The fourth-order valence-electron chi connectivity index (χ4n) is 1.83. The first-order valence-corrected chi connectivity index (χ1v) is 6.15. The quantitative estimate of drug-likeness (QED) is 0.716. The summed E-state index contributed by atoms with van der Waals surface area (Å²) in [5.74, 6) is 0.189. The van der Waals surface area contributed by atoms with Crippen molar-refractivity contribution >= 4 is 5.91 Å². The Morgan fingerprint density at radius 2 is 2.25 bits per heavy atom. The lowest BCUT2D eigenvalue weighted by molar-refractivity contribution is -0.129. The van der Waals surface area contributed by atoms with Gasteiger partial charge in [-0.15, -0.1) is 0 Å². The SMILES string of the molecule is CC(C)N(C)CCNC(=O)C1(C)CCNC1. The highest BCUT2D eigenvalue weighted by Gasteiger charge is 2.35. The Labute approximate surface area is 98.8 Å². The lowest BCUT2D eigenvalue weighted by Gasteiger charge is -2.24. The van der Waals surface area contributed by atoms with Gasteiger partial charge < -0.3 is 15.5 Å². The molecule has 1 saturated heterocycles. The number of carbonyl (C=O) groups is 1. The van der Waals surface area contributed by atoms with Gasteiger partial charge in [0, 0.05) is 25.7 Å². The molecule has 1 fully saturated rings. The molecule has 1 unspecified atom stereocenters. The molecule has 2 N–H and O–H groups in total. The van der Waals surface area contributed by atoms with Gasteiger partial charge in [0.2, 0.25) is 5.91 Å². The van der Waals surface area contributed by atoms with Gasteiger partial charge in [-0.3, -0.25) is 4.79 Å². The molecule has 0 aromatic heterocycles. The van der Waals surface area contributed by atoms with Crippen LogP contribution in [0.1, 0.15) is 27.2 Å². The summed E-state index contributed by atoms with van der Waals surface area (Å²) >= 11 is 0. The zero-order chi connectivity index (χ0) is 12.2. The Balaban J connectivity index is 2.25. The second-order valence-corrected chi connectivity index (χ2v) is 5.32. The van der Waals surface area contributed by atoms with Crippen LogP contribution < -0.4 is 10.6 Å². The van der Waals surface area contributed by atoms with Crippen LogP contribution >= 0.6 is 0 Å². The van der Waals surface area contributed by atoms with Crippen molar-refractivity contribution < 1.29 is 4.79 Å². The largest absolute Gasteiger partial charge is 0.354 e. The van der Waals surface area contributed by atoms with Crippen LogP contribution in [-0.4, -0.2) is 50.1 Å². The lowest BCUT2D eigenvalue weighted by Crippen LogP contribution is -2.43. The second kappa shape index (κ2) is 5.64.